The molecule has 0 saturated carbocycles. The highest BCUT2D eigenvalue weighted by atomic mass is 32.1. The van der Waals surface area contributed by atoms with Gasteiger partial charge in [0.15, 0.2) is 10.8 Å². The SMILES string of the molecule is Cc1nn(C)c2nc(N3CCN(Cc4ccc(F)cc4)C(=O)C3)sc12. The molecule has 1 aromatic carbocycles. The van der Waals surface area contributed by atoms with Gasteiger partial charge in [-0.25, -0.2) is 14.1 Å². The van der Waals surface area contributed by atoms with Crippen molar-refractivity contribution in [1.29, 1.82) is 0 Å². The molecule has 3 heterocycles. The second kappa shape index (κ2) is 6.11. The number of piperazine rings is 1. The maximum Gasteiger partial charge on any atom is 0.242 e. The highest BCUT2D eigenvalue weighted by Gasteiger charge is 2.26. The number of hydrogen-bond acceptors (Lipinski definition) is 5. The molecule has 0 bridgehead atoms. The predicted molar refractivity (Wildman–Crippen MR) is 95.2 cm³/mol. The van der Waals surface area contributed by atoms with Gasteiger partial charge in [-0.05, 0) is 24.6 Å². The molecule has 3 aromatic rings. The van der Waals surface area contributed by atoms with Gasteiger partial charge in [0.2, 0.25) is 5.91 Å². The van der Waals surface area contributed by atoms with Crippen molar-refractivity contribution in [3.05, 3.63) is 41.3 Å². The van der Waals surface area contributed by atoms with Gasteiger partial charge in [-0.3, -0.25) is 4.79 Å². The summed E-state index contributed by atoms with van der Waals surface area (Å²) in [6, 6.07) is 6.29. The number of fused-ring (bicyclic) bond motifs is 1. The number of thiazole rings is 1. The van der Waals surface area contributed by atoms with Crippen molar-refractivity contribution in [3.8, 4) is 0 Å². The number of anilines is 1. The minimum absolute atomic E-state index is 0.0599. The Morgan fingerprint density at radius 3 is 2.68 bits per heavy atom. The lowest BCUT2D eigenvalue weighted by Gasteiger charge is -2.34. The average Bonchev–Trinajstić information content (AvgIpc) is 3.13. The monoisotopic (exact) mass is 359 g/mol. The van der Waals surface area contributed by atoms with E-state index < -0.39 is 0 Å². The zero-order valence-corrected chi connectivity index (χ0v) is 14.9. The van der Waals surface area contributed by atoms with Gasteiger partial charge in [0.25, 0.3) is 0 Å². The minimum Gasteiger partial charge on any atom is -0.337 e. The molecule has 0 unspecified atom stereocenters. The van der Waals surface area contributed by atoms with Crippen LogP contribution in [0.5, 0.6) is 0 Å². The zero-order chi connectivity index (χ0) is 17.6. The first-order chi connectivity index (χ1) is 12.0. The molecule has 0 N–H and O–H groups in total. The van der Waals surface area contributed by atoms with Crippen LogP contribution in [0, 0.1) is 12.7 Å². The fourth-order valence-electron chi connectivity index (χ4n) is 3.06. The largest absolute Gasteiger partial charge is 0.337 e. The number of halogens is 1. The van der Waals surface area contributed by atoms with E-state index in [1.807, 2.05) is 23.8 Å². The highest BCUT2D eigenvalue weighted by Crippen LogP contribution is 2.31. The molecule has 0 radical (unpaired) electrons. The molecule has 0 atom stereocenters. The minimum atomic E-state index is -0.263. The topological polar surface area (TPSA) is 54.3 Å². The summed E-state index contributed by atoms with van der Waals surface area (Å²) in [5.74, 6) is -0.204. The lowest BCUT2D eigenvalue weighted by atomic mass is 10.2. The van der Waals surface area contributed by atoms with Crippen LogP contribution in [0.2, 0.25) is 0 Å². The molecule has 25 heavy (non-hydrogen) atoms. The first-order valence-corrected chi connectivity index (χ1v) is 8.90. The lowest BCUT2D eigenvalue weighted by molar-refractivity contribution is -0.131. The van der Waals surface area contributed by atoms with Crippen molar-refractivity contribution < 1.29 is 9.18 Å². The molecular formula is C17H18FN5OS. The van der Waals surface area contributed by atoms with E-state index in [1.165, 1.54) is 12.1 Å². The third-order valence-corrected chi connectivity index (χ3v) is 5.62. The summed E-state index contributed by atoms with van der Waals surface area (Å²) in [6.07, 6.45) is 0. The van der Waals surface area contributed by atoms with E-state index in [1.54, 1.807) is 28.2 Å². The Bertz CT molecular complexity index is 898. The second-order valence-electron chi connectivity index (χ2n) is 6.22. The quantitative estimate of drug-likeness (QED) is 0.720. The molecular weight excluding hydrogens is 341 g/mol. The molecule has 1 fully saturated rings. The molecule has 6 nitrogen and oxygen atoms in total. The Kier molecular flexibility index (Phi) is 3.91. The normalized spacial score (nSPS) is 15.4. The first-order valence-electron chi connectivity index (χ1n) is 8.08. The van der Waals surface area contributed by atoms with E-state index >= 15 is 0 Å². The van der Waals surface area contributed by atoms with Crippen LogP contribution in [0.1, 0.15) is 11.3 Å². The molecule has 130 valence electrons. The van der Waals surface area contributed by atoms with Gasteiger partial charge >= 0.3 is 0 Å². The molecule has 0 spiro atoms. The van der Waals surface area contributed by atoms with Crippen LogP contribution in [0.15, 0.2) is 24.3 Å². The summed E-state index contributed by atoms with van der Waals surface area (Å²) < 4.78 is 15.8. The summed E-state index contributed by atoms with van der Waals surface area (Å²) in [7, 11) is 1.88. The van der Waals surface area contributed by atoms with Gasteiger partial charge in [0.05, 0.1) is 16.9 Å². The lowest BCUT2D eigenvalue weighted by Crippen LogP contribution is -2.50. The van der Waals surface area contributed by atoms with Crippen molar-refractivity contribution in [3.63, 3.8) is 0 Å². The molecule has 2 aromatic heterocycles. The fourth-order valence-corrected chi connectivity index (χ4v) is 4.12. The van der Waals surface area contributed by atoms with Crippen molar-refractivity contribution in [2.75, 3.05) is 24.5 Å². The highest BCUT2D eigenvalue weighted by molar-refractivity contribution is 7.22. The summed E-state index contributed by atoms with van der Waals surface area (Å²) in [5.41, 5.74) is 2.76. The molecule has 0 aliphatic carbocycles. The Morgan fingerprint density at radius 2 is 2.00 bits per heavy atom. The fraction of sp³-hybridized carbons (Fsp3) is 0.353. The van der Waals surface area contributed by atoms with Crippen molar-refractivity contribution in [2.24, 2.45) is 7.05 Å². The number of carbonyl (C=O) groups is 1. The standard InChI is InChI=1S/C17H18FN5OS/c1-11-15-16(21(2)20-11)19-17(25-15)23-8-7-22(14(24)10-23)9-12-3-5-13(18)6-4-12/h3-6H,7-10H2,1-2H3. The van der Waals surface area contributed by atoms with E-state index in [2.05, 4.69) is 10.1 Å². The third kappa shape index (κ3) is 2.97. The molecule has 1 amide bonds. The number of rotatable bonds is 3. The van der Waals surface area contributed by atoms with Crippen LogP contribution in [0.25, 0.3) is 10.3 Å². The smallest absolute Gasteiger partial charge is 0.242 e. The number of aryl methyl sites for hydroxylation is 2. The van der Waals surface area contributed by atoms with Gasteiger partial charge in [-0.2, -0.15) is 5.10 Å². The van der Waals surface area contributed by atoms with E-state index in [0.29, 0.717) is 19.6 Å². The van der Waals surface area contributed by atoms with Gasteiger partial charge < -0.3 is 9.80 Å². The maximum absolute atomic E-state index is 13.0. The number of hydrogen-bond donors (Lipinski definition) is 0. The number of carbonyl (C=O) groups excluding carboxylic acids is 1. The predicted octanol–water partition coefficient (Wildman–Crippen LogP) is 2.33. The number of benzene rings is 1. The molecule has 1 aliphatic heterocycles. The number of nitrogens with zero attached hydrogens (tertiary/aromatic N) is 5. The van der Waals surface area contributed by atoms with Crippen LogP contribution in [-0.4, -0.2) is 45.2 Å². The van der Waals surface area contributed by atoms with Crippen molar-refractivity contribution in [1.82, 2.24) is 19.7 Å². The molecule has 1 aliphatic rings. The summed E-state index contributed by atoms with van der Waals surface area (Å²) >= 11 is 1.58. The summed E-state index contributed by atoms with van der Waals surface area (Å²) in [5, 5.41) is 5.22. The summed E-state index contributed by atoms with van der Waals surface area (Å²) in [6.45, 7) is 4.15. The molecule has 4 rings (SSSR count). The summed E-state index contributed by atoms with van der Waals surface area (Å²) in [4.78, 5) is 21.0. The van der Waals surface area contributed by atoms with Crippen LogP contribution in [-0.2, 0) is 18.4 Å². The number of amides is 1. The van der Waals surface area contributed by atoms with Gasteiger partial charge in [-0.15, -0.1) is 0 Å². The Labute approximate surface area is 148 Å². The molecule has 8 heteroatoms. The van der Waals surface area contributed by atoms with Crippen LogP contribution >= 0.6 is 11.3 Å². The van der Waals surface area contributed by atoms with Crippen LogP contribution < -0.4 is 4.90 Å². The average molecular weight is 359 g/mol. The van der Waals surface area contributed by atoms with Crippen molar-refractivity contribution in [2.45, 2.75) is 13.5 Å². The number of aromatic nitrogens is 3. The molecule has 1 saturated heterocycles. The Balaban J connectivity index is 1.47. The Morgan fingerprint density at radius 1 is 1.24 bits per heavy atom. The van der Waals surface area contributed by atoms with Gasteiger partial charge in [0, 0.05) is 26.7 Å². The maximum atomic E-state index is 13.0. The third-order valence-electron chi connectivity index (χ3n) is 4.41. The van der Waals surface area contributed by atoms with Crippen molar-refractivity contribution >= 4 is 32.7 Å². The second-order valence-corrected chi connectivity index (χ2v) is 7.20. The van der Waals surface area contributed by atoms with Crippen LogP contribution in [0.3, 0.4) is 0 Å². The zero-order valence-electron chi connectivity index (χ0n) is 14.1. The van der Waals surface area contributed by atoms with Crippen LogP contribution in [0.4, 0.5) is 9.52 Å². The van der Waals surface area contributed by atoms with Gasteiger partial charge in [-0.1, -0.05) is 23.5 Å². The Hall–Kier alpha value is -2.48. The van der Waals surface area contributed by atoms with E-state index in [9.17, 15) is 9.18 Å². The first kappa shape index (κ1) is 16.0. The van der Waals surface area contributed by atoms with E-state index in [4.69, 9.17) is 0 Å². The van der Waals surface area contributed by atoms with E-state index in [-0.39, 0.29) is 11.7 Å². The van der Waals surface area contributed by atoms with E-state index in [0.717, 1.165) is 33.3 Å². The van der Waals surface area contributed by atoms with Gasteiger partial charge in [0.1, 0.15) is 5.82 Å².